The van der Waals surface area contributed by atoms with Crippen LogP contribution in [-0.4, -0.2) is 47.7 Å². The number of carbonyl (C=O) groups excluding carboxylic acids is 1. The quantitative estimate of drug-likeness (QED) is 0.759. The van der Waals surface area contributed by atoms with E-state index in [0.29, 0.717) is 18.4 Å². The Morgan fingerprint density at radius 1 is 1.42 bits per heavy atom. The van der Waals surface area contributed by atoms with Crippen LogP contribution < -0.4 is 5.32 Å². The highest BCUT2D eigenvalue weighted by molar-refractivity contribution is 5.79. The lowest BCUT2D eigenvalue weighted by Gasteiger charge is -2.31. The monoisotopic (exact) mass is 265 g/mol. The fourth-order valence-corrected chi connectivity index (χ4v) is 2.74. The Kier molecular flexibility index (Phi) is 4.43. The van der Waals surface area contributed by atoms with Crippen LogP contribution in [0.5, 0.6) is 0 Å². The molecule has 1 atom stereocenters. The first-order valence-electron chi connectivity index (χ1n) is 7.13. The third-order valence-corrected chi connectivity index (χ3v) is 4.36. The van der Waals surface area contributed by atoms with E-state index < -0.39 is 5.54 Å². The number of hydrogen-bond acceptors (Lipinski definition) is 4. The van der Waals surface area contributed by atoms with Gasteiger partial charge in [-0.1, -0.05) is 0 Å². The molecule has 1 unspecified atom stereocenters. The maximum absolute atomic E-state index is 12.0. The summed E-state index contributed by atoms with van der Waals surface area (Å²) in [6.45, 7) is 4.13. The van der Waals surface area contributed by atoms with Crippen molar-refractivity contribution < 1.29 is 9.90 Å². The van der Waals surface area contributed by atoms with Gasteiger partial charge in [-0.3, -0.25) is 9.69 Å². The molecule has 2 aliphatic rings. The summed E-state index contributed by atoms with van der Waals surface area (Å²) in [4.78, 5) is 14.1. The van der Waals surface area contributed by atoms with Gasteiger partial charge in [0.25, 0.3) is 0 Å². The van der Waals surface area contributed by atoms with Gasteiger partial charge >= 0.3 is 0 Å². The summed E-state index contributed by atoms with van der Waals surface area (Å²) >= 11 is 0. The number of nitrogens with one attached hydrogen (secondary N) is 1. The summed E-state index contributed by atoms with van der Waals surface area (Å²) in [5, 5.41) is 21.2. The number of amides is 1. The van der Waals surface area contributed by atoms with Crippen LogP contribution in [0.3, 0.4) is 0 Å². The first-order valence-corrected chi connectivity index (χ1v) is 7.13. The number of piperidine rings is 1. The highest BCUT2D eigenvalue weighted by atomic mass is 16.3. The molecule has 5 heteroatoms. The Hall–Kier alpha value is -1.12. The minimum absolute atomic E-state index is 0.0570. The molecule has 2 N–H and O–H groups in total. The molecule has 0 radical (unpaired) electrons. The number of nitriles is 1. The van der Waals surface area contributed by atoms with Crippen LogP contribution in [0, 0.1) is 23.2 Å². The Balaban J connectivity index is 1.77. The van der Waals surface area contributed by atoms with E-state index in [1.165, 1.54) is 0 Å². The van der Waals surface area contributed by atoms with Crippen LogP contribution in [0.25, 0.3) is 0 Å². The molecule has 0 aromatic rings. The van der Waals surface area contributed by atoms with Crippen molar-refractivity contribution in [3.05, 3.63) is 0 Å². The smallest absolute Gasteiger partial charge is 0.235 e. The summed E-state index contributed by atoms with van der Waals surface area (Å²) < 4.78 is 0. The van der Waals surface area contributed by atoms with Crippen LogP contribution >= 0.6 is 0 Å². The van der Waals surface area contributed by atoms with E-state index in [4.69, 9.17) is 5.11 Å². The van der Waals surface area contributed by atoms with Crippen molar-refractivity contribution in [1.82, 2.24) is 10.2 Å². The van der Waals surface area contributed by atoms with Crippen LogP contribution in [0.15, 0.2) is 0 Å². The highest BCUT2D eigenvalue weighted by Crippen LogP contribution is 2.39. The van der Waals surface area contributed by atoms with Gasteiger partial charge in [0.1, 0.15) is 5.54 Å². The number of aliphatic hydroxyl groups excluding tert-OH is 1. The van der Waals surface area contributed by atoms with Crippen molar-refractivity contribution in [3.8, 4) is 6.07 Å². The number of likely N-dealkylation sites (tertiary alicyclic amines) is 1. The summed E-state index contributed by atoms with van der Waals surface area (Å²) in [7, 11) is 0. The second kappa shape index (κ2) is 5.89. The van der Waals surface area contributed by atoms with Gasteiger partial charge in [0, 0.05) is 6.61 Å². The molecule has 1 aliphatic heterocycles. The third kappa shape index (κ3) is 3.68. The van der Waals surface area contributed by atoms with Crippen LogP contribution in [0.2, 0.25) is 0 Å². The van der Waals surface area contributed by atoms with E-state index in [0.717, 1.165) is 38.8 Å². The Morgan fingerprint density at radius 3 is 2.53 bits per heavy atom. The Morgan fingerprint density at radius 2 is 2.05 bits per heavy atom. The molecule has 0 aromatic carbocycles. The molecule has 0 aromatic heterocycles. The lowest BCUT2D eigenvalue weighted by Crippen LogP contribution is -2.51. The second-order valence-electron chi connectivity index (χ2n) is 6.04. The van der Waals surface area contributed by atoms with Crippen molar-refractivity contribution in [2.24, 2.45) is 11.8 Å². The average molecular weight is 265 g/mol. The lowest BCUT2D eigenvalue weighted by atomic mass is 9.97. The SMILES string of the molecule is CC(C#N)(NC(=O)CN1CCC(CO)CC1)C1CC1. The molecule has 1 heterocycles. The number of nitrogens with zero attached hydrogens (tertiary/aromatic N) is 2. The highest BCUT2D eigenvalue weighted by Gasteiger charge is 2.43. The van der Waals surface area contributed by atoms with Crippen LogP contribution in [-0.2, 0) is 4.79 Å². The molecule has 5 nitrogen and oxygen atoms in total. The molecule has 0 bridgehead atoms. The van der Waals surface area contributed by atoms with Gasteiger partial charge in [-0.25, -0.2) is 0 Å². The average Bonchev–Trinajstić information content (AvgIpc) is 3.24. The molecular weight excluding hydrogens is 242 g/mol. The molecular formula is C14H23N3O2. The van der Waals surface area contributed by atoms with E-state index in [-0.39, 0.29) is 12.5 Å². The normalized spacial score (nSPS) is 24.5. The number of aliphatic hydroxyl groups is 1. The van der Waals surface area contributed by atoms with Gasteiger partial charge in [0.05, 0.1) is 12.6 Å². The minimum atomic E-state index is -0.694. The zero-order valence-corrected chi connectivity index (χ0v) is 11.6. The fraction of sp³-hybridized carbons (Fsp3) is 0.857. The van der Waals surface area contributed by atoms with Gasteiger partial charge in [0.2, 0.25) is 5.91 Å². The van der Waals surface area contributed by atoms with E-state index in [2.05, 4.69) is 16.3 Å². The number of carbonyl (C=O) groups is 1. The summed E-state index contributed by atoms with van der Waals surface area (Å²) in [5.41, 5.74) is -0.694. The second-order valence-corrected chi connectivity index (χ2v) is 6.04. The van der Waals surface area contributed by atoms with Gasteiger partial charge in [-0.15, -0.1) is 0 Å². The van der Waals surface area contributed by atoms with E-state index in [1.54, 1.807) is 0 Å². The first kappa shape index (κ1) is 14.3. The topological polar surface area (TPSA) is 76.4 Å². The molecule has 2 rings (SSSR count). The molecule has 106 valence electrons. The molecule has 2 fully saturated rings. The van der Waals surface area contributed by atoms with Gasteiger partial charge in [0.15, 0.2) is 0 Å². The zero-order chi connectivity index (χ0) is 13.9. The van der Waals surface area contributed by atoms with Gasteiger partial charge in [-0.2, -0.15) is 5.26 Å². The lowest BCUT2D eigenvalue weighted by molar-refractivity contribution is -0.124. The van der Waals surface area contributed by atoms with Crippen molar-refractivity contribution in [1.29, 1.82) is 5.26 Å². The minimum Gasteiger partial charge on any atom is -0.396 e. The van der Waals surface area contributed by atoms with Crippen molar-refractivity contribution in [2.45, 2.75) is 38.1 Å². The predicted octanol–water partition coefficient (Wildman–Crippen LogP) is 0.499. The van der Waals surface area contributed by atoms with Crippen LogP contribution in [0.4, 0.5) is 0 Å². The van der Waals surface area contributed by atoms with Crippen molar-refractivity contribution in [3.63, 3.8) is 0 Å². The maximum Gasteiger partial charge on any atom is 0.235 e. The first-order chi connectivity index (χ1) is 9.07. The molecule has 1 amide bonds. The number of hydrogen-bond donors (Lipinski definition) is 2. The van der Waals surface area contributed by atoms with E-state index in [9.17, 15) is 10.1 Å². The predicted molar refractivity (Wildman–Crippen MR) is 71.1 cm³/mol. The Bertz CT molecular complexity index is 367. The molecule has 1 saturated heterocycles. The summed E-state index contributed by atoms with van der Waals surface area (Å²) in [6.07, 6.45) is 3.96. The van der Waals surface area contributed by atoms with E-state index in [1.807, 2.05) is 6.92 Å². The van der Waals surface area contributed by atoms with Crippen molar-refractivity contribution >= 4 is 5.91 Å². The largest absolute Gasteiger partial charge is 0.396 e. The summed E-state index contributed by atoms with van der Waals surface area (Å²) in [5.74, 6) is 0.648. The summed E-state index contributed by atoms with van der Waals surface area (Å²) in [6, 6.07) is 2.24. The van der Waals surface area contributed by atoms with Gasteiger partial charge in [-0.05, 0) is 57.5 Å². The maximum atomic E-state index is 12.0. The third-order valence-electron chi connectivity index (χ3n) is 4.36. The molecule has 1 aliphatic carbocycles. The molecule has 19 heavy (non-hydrogen) atoms. The zero-order valence-electron chi connectivity index (χ0n) is 11.6. The molecule has 1 saturated carbocycles. The molecule has 0 spiro atoms. The fourth-order valence-electron chi connectivity index (χ4n) is 2.74. The van der Waals surface area contributed by atoms with Crippen molar-refractivity contribution in [2.75, 3.05) is 26.2 Å². The standard InChI is InChI=1S/C14H23N3O2/c1-14(10-15,12-2-3-12)16-13(19)8-17-6-4-11(9-18)5-7-17/h11-12,18H,2-9H2,1H3,(H,16,19). The Labute approximate surface area is 114 Å². The number of rotatable bonds is 5. The van der Waals surface area contributed by atoms with Gasteiger partial charge < -0.3 is 10.4 Å². The van der Waals surface area contributed by atoms with Crippen LogP contribution in [0.1, 0.15) is 32.6 Å². The van der Waals surface area contributed by atoms with E-state index >= 15 is 0 Å².